The number of esters is 1. The van der Waals surface area contributed by atoms with E-state index in [4.69, 9.17) is 18.9 Å². The monoisotopic (exact) mass is 381 g/mol. The molecule has 6 heteroatoms. The third-order valence-corrected chi connectivity index (χ3v) is 4.20. The summed E-state index contributed by atoms with van der Waals surface area (Å²) >= 11 is 0. The van der Waals surface area contributed by atoms with Crippen molar-refractivity contribution in [3.8, 4) is 17.2 Å². The topological polar surface area (TPSA) is 66.3 Å². The molecule has 0 spiro atoms. The standard InChI is InChI=1S/C22H23NO5/c1-4-5-12-27-17-9-6-15(7-10-17)13-18-22(24)28-21(23-18)16-8-11-19(25-2)20(14-16)26-3/h6-11,13-14H,4-5,12H2,1-3H3/b18-13-. The van der Waals surface area contributed by atoms with E-state index in [0.29, 0.717) is 23.7 Å². The molecule has 0 aliphatic carbocycles. The molecule has 0 aromatic heterocycles. The molecule has 1 aliphatic heterocycles. The Hall–Kier alpha value is -3.28. The van der Waals surface area contributed by atoms with Crippen LogP contribution in [0.5, 0.6) is 17.2 Å². The molecule has 1 aliphatic rings. The van der Waals surface area contributed by atoms with Gasteiger partial charge in [0, 0.05) is 5.56 Å². The van der Waals surface area contributed by atoms with Crippen LogP contribution in [0.2, 0.25) is 0 Å². The Morgan fingerprint density at radius 3 is 2.46 bits per heavy atom. The molecular formula is C22H23NO5. The lowest BCUT2D eigenvalue weighted by molar-refractivity contribution is -0.129. The average Bonchev–Trinajstić information content (AvgIpc) is 3.09. The van der Waals surface area contributed by atoms with Crippen LogP contribution < -0.4 is 14.2 Å². The number of aliphatic imine (C=N–C) groups is 1. The highest BCUT2D eigenvalue weighted by molar-refractivity contribution is 6.13. The van der Waals surface area contributed by atoms with Gasteiger partial charge < -0.3 is 18.9 Å². The number of nitrogens with zero attached hydrogens (tertiary/aromatic N) is 1. The van der Waals surface area contributed by atoms with E-state index >= 15 is 0 Å². The SMILES string of the molecule is CCCCOc1ccc(/C=C2\N=C(c3ccc(OC)c(OC)c3)OC2=O)cc1. The maximum Gasteiger partial charge on any atom is 0.363 e. The van der Waals surface area contributed by atoms with Crippen molar-refractivity contribution in [3.63, 3.8) is 0 Å². The summed E-state index contributed by atoms with van der Waals surface area (Å²) in [5, 5.41) is 0. The number of unbranched alkanes of at least 4 members (excludes halogenated alkanes) is 1. The van der Waals surface area contributed by atoms with Gasteiger partial charge >= 0.3 is 5.97 Å². The number of hydrogen-bond acceptors (Lipinski definition) is 6. The molecule has 2 aromatic rings. The Morgan fingerprint density at radius 1 is 1.04 bits per heavy atom. The number of rotatable bonds is 8. The van der Waals surface area contributed by atoms with Gasteiger partial charge in [-0.05, 0) is 48.4 Å². The van der Waals surface area contributed by atoms with Gasteiger partial charge in [-0.3, -0.25) is 0 Å². The van der Waals surface area contributed by atoms with Crippen molar-refractivity contribution in [2.24, 2.45) is 4.99 Å². The molecular weight excluding hydrogens is 358 g/mol. The van der Waals surface area contributed by atoms with E-state index in [2.05, 4.69) is 11.9 Å². The number of benzene rings is 2. The number of carbonyl (C=O) groups is 1. The summed E-state index contributed by atoms with van der Waals surface area (Å²) < 4.78 is 21.5. The molecule has 0 saturated carbocycles. The summed E-state index contributed by atoms with van der Waals surface area (Å²) in [6, 6.07) is 12.7. The third kappa shape index (κ3) is 4.52. The highest BCUT2D eigenvalue weighted by Crippen LogP contribution is 2.29. The van der Waals surface area contributed by atoms with Crippen LogP contribution in [-0.4, -0.2) is 32.7 Å². The number of hydrogen-bond donors (Lipinski definition) is 0. The second-order valence-electron chi connectivity index (χ2n) is 6.18. The Labute approximate surface area is 164 Å². The zero-order chi connectivity index (χ0) is 19.9. The van der Waals surface area contributed by atoms with Gasteiger partial charge in [-0.25, -0.2) is 9.79 Å². The lowest BCUT2D eigenvalue weighted by Gasteiger charge is -2.08. The number of methoxy groups -OCH3 is 2. The highest BCUT2D eigenvalue weighted by Gasteiger charge is 2.25. The van der Waals surface area contributed by atoms with Crippen molar-refractivity contribution in [1.82, 2.24) is 0 Å². The minimum Gasteiger partial charge on any atom is -0.494 e. The first-order chi connectivity index (χ1) is 13.6. The molecule has 2 aromatic carbocycles. The second kappa shape index (κ2) is 9.08. The van der Waals surface area contributed by atoms with E-state index in [1.807, 2.05) is 24.3 Å². The quantitative estimate of drug-likeness (QED) is 0.389. The van der Waals surface area contributed by atoms with Gasteiger partial charge in [0.25, 0.3) is 0 Å². The molecule has 0 fully saturated rings. The predicted octanol–water partition coefficient (Wildman–Crippen LogP) is 4.23. The van der Waals surface area contributed by atoms with E-state index in [1.165, 1.54) is 0 Å². The minimum absolute atomic E-state index is 0.233. The molecule has 146 valence electrons. The Kier molecular flexibility index (Phi) is 6.32. The lowest BCUT2D eigenvalue weighted by Crippen LogP contribution is -2.06. The van der Waals surface area contributed by atoms with Crippen LogP contribution in [0.3, 0.4) is 0 Å². The first kappa shape index (κ1) is 19.5. The number of carbonyl (C=O) groups excluding carboxylic acids is 1. The predicted molar refractivity (Wildman–Crippen MR) is 107 cm³/mol. The van der Waals surface area contributed by atoms with Crippen molar-refractivity contribution in [2.75, 3.05) is 20.8 Å². The molecule has 0 atom stereocenters. The molecule has 1 heterocycles. The van der Waals surface area contributed by atoms with Gasteiger partial charge in [-0.2, -0.15) is 0 Å². The van der Waals surface area contributed by atoms with E-state index in [-0.39, 0.29) is 11.6 Å². The summed E-state index contributed by atoms with van der Waals surface area (Å²) in [6.07, 6.45) is 3.80. The fourth-order valence-electron chi connectivity index (χ4n) is 2.65. The van der Waals surface area contributed by atoms with Crippen LogP contribution in [0.1, 0.15) is 30.9 Å². The zero-order valence-corrected chi connectivity index (χ0v) is 16.2. The van der Waals surface area contributed by atoms with Crippen LogP contribution in [-0.2, 0) is 9.53 Å². The van der Waals surface area contributed by atoms with Gasteiger partial charge in [0.2, 0.25) is 5.90 Å². The molecule has 0 unspecified atom stereocenters. The molecule has 3 rings (SSSR count). The van der Waals surface area contributed by atoms with Gasteiger partial charge in [-0.1, -0.05) is 25.5 Å². The smallest absolute Gasteiger partial charge is 0.363 e. The molecule has 0 bridgehead atoms. The largest absolute Gasteiger partial charge is 0.494 e. The minimum atomic E-state index is -0.493. The van der Waals surface area contributed by atoms with Gasteiger partial charge in [0.05, 0.1) is 20.8 Å². The van der Waals surface area contributed by atoms with Crippen molar-refractivity contribution >= 4 is 17.9 Å². The summed E-state index contributed by atoms with van der Waals surface area (Å²) in [5.74, 6) is 1.67. The van der Waals surface area contributed by atoms with E-state index < -0.39 is 5.97 Å². The normalized spacial score (nSPS) is 14.6. The summed E-state index contributed by atoms with van der Waals surface area (Å²) in [5.41, 5.74) is 1.71. The Bertz CT molecular complexity index is 900. The number of ether oxygens (including phenoxy) is 4. The summed E-state index contributed by atoms with van der Waals surface area (Å²) in [4.78, 5) is 16.5. The third-order valence-electron chi connectivity index (χ3n) is 4.20. The van der Waals surface area contributed by atoms with Crippen LogP contribution in [0.25, 0.3) is 6.08 Å². The van der Waals surface area contributed by atoms with Crippen LogP contribution >= 0.6 is 0 Å². The average molecular weight is 381 g/mol. The van der Waals surface area contributed by atoms with Gasteiger partial charge in [0.15, 0.2) is 17.2 Å². The second-order valence-corrected chi connectivity index (χ2v) is 6.18. The lowest BCUT2D eigenvalue weighted by atomic mass is 10.2. The molecule has 28 heavy (non-hydrogen) atoms. The molecule has 0 radical (unpaired) electrons. The fourth-order valence-corrected chi connectivity index (χ4v) is 2.65. The van der Waals surface area contributed by atoms with Crippen molar-refractivity contribution < 1.29 is 23.7 Å². The first-order valence-electron chi connectivity index (χ1n) is 9.12. The van der Waals surface area contributed by atoms with E-state index in [0.717, 1.165) is 24.2 Å². The molecule has 0 saturated heterocycles. The van der Waals surface area contributed by atoms with Gasteiger partial charge in [0.1, 0.15) is 5.75 Å². The molecule has 6 nitrogen and oxygen atoms in total. The van der Waals surface area contributed by atoms with Crippen molar-refractivity contribution in [1.29, 1.82) is 0 Å². The maximum atomic E-state index is 12.2. The van der Waals surface area contributed by atoms with Crippen molar-refractivity contribution in [2.45, 2.75) is 19.8 Å². The van der Waals surface area contributed by atoms with Crippen LogP contribution in [0.15, 0.2) is 53.2 Å². The first-order valence-corrected chi connectivity index (χ1v) is 9.12. The van der Waals surface area contributed by atoms with Crippen LogP contribution in [0, 0.1) is 0 Å². The Balaban J connectivity index is 1.78. The zero-order valence-electron chi connectivity index (χ0n) is 16.2. The fraction of sp³-hybridized carbons (Fsp3) is 0.273. The van der Waals surface area contributed by atoms with Crippen molar-refractivity contribution in [3.05, 3.63) is 59.3 Å². The maximum absolute atomic E-state index is 12.2. The number of cyclic esters (lactones) is 1. The summed E-state index contributed by atoms with van der Waals surface area (Å²) in [7, 11) is 3.11. The van der Waals surface area contributed by atoms with E-state index in [9.17, 15) is 4.79 Å². The highest BCUT2D eigenvalue weighted by atomic mass is 16.6. The van der Waals surface area contributed by atoms with Crippen LogP contribution in [0.4, 0.5) is 0 Å². The Morgan fingerprint density at radius 2 is 1.79 bits per heavy atom. The van der Waals surface area contributed by atoms with Gasteiger partial charge in [-0.15, -0.1) is 0 Å². The molecule has 0 amide bonds. The summed E-state index contributed by atoms with van der Waals surface area (Å²) in [6.45, 7) is 2.82. The van der Waals surface area contributed by atoms with E-state index in [1.54, 1.807) is 38.5 Å². The molecule has 0 N–H and O–H groups in total.